The van der Waals surface area contributed by atoms with Crippen LogP contribution in [0.3, 0.4) is 0 Å². The molecule has 3 nitrogen and oxygen atoms in total. The van der Waals surface area contributed by atoms with E-state index in [4.69, 9.17) is 4.74 Å². The fourth-order valence-electron chi connectivity index (χ4n) is 3.03. The molecule has 0 aliphatic carbocycles. The molecular weight excluding hydrogens is 214 g/mol. The second-order valence-corrected chi connectivity index (χ2v) is 5.18. The van der Waals surface area contributed by atoms with Gasteiger partial charge in [0, 0.05) is 12.1 Å². The van der Waals surface area contributed by atoms with Crippen LogP contribution in [0.5, 0.6) is 11.5 Å². The maximum atomic E-state index is 9.36. The van der Waals surface area contributed by atoms with Gasteiger partial charge in [0.1, 0.15) is 18.1 Å². The lowest BCUT2D eigenvalue weighted by Gasteiger charge is -2.45. The van der Waals surface area contributed by atoms with Crippen molar-refractivity contribution in [3.8, 4) is 11.5 Å². The molecule has 3 fully saturated rings. The zero-order chi connectivity index (χ0) is 11.7. The molecule has 0 spiro atoms. The van der Waals surface area contributed by atoms with Gasteiger partial charge in [-0.3, -0.25) is 4.90 Å². The molecule has 1 atom stereocenters. The number of benzene rings is 1. The third-order valence-electron chi connectivity index (χ3n) is 4.03. The van der Waals surface area contributed by atoms with Gasteiger partial charge in [-0.1, -0.05) is 6.07 Å². The van der Waals surface area contributed by atoms with Crippen LogP contribution in [0, 0.1) is 5.92 Å². The van der Waals surface area contributed by atoms with Crippen molar-refractivity contribution in [2.45, 2.75) is 25.3 Å². The van der Waals surface area contributed by atoms with E-state index in [0.717, 1.165) is 18.3 Å². The predicted octanol–water partition coefficient (Wildman–Crippen LogP) is 2.26. The number of phenolic OH excluding ortho intramolecular Hbond substituents is 1. The molecule has 2 bridgehead atoms. The first-order chi connectivity index (χ1) is 8.31. The fraction of sp³-hybridized carbons (Fsp3) is 0.571. The Kier molecular flexibility index (Phi) is 2.93. The Hall–Kier alpha value is -1.22. The summed E-state index contributed by atoms with van der Waals surface area (Å²) in [7, 11) is 0. The summed E-state index contributed by atoms with van der Waals surface area (Å²) < 4.78 is 5.78. The van der Waals surface area contributed by atoms with Crippen molar-refractivity contribution in [1.29, 1.82) is 0 Å². The number of ether oxygens (including phenoxy) is 1. The lowest BCUT2D eigenvalue weighted by atomic mass is 9.83. The largest absolute Gasteiger partial charge is 0.508 e. The second-order valence-electron chi connectivity index (χ2n) is 5.18. The average molecular weight is 233 g/mol. The highest BCUT2D eigenvalue weighted by Gasteiger charge is 2.33. The molecule has 92 valence electrons. The summed E-state index contributed by atoms with van der Waals surface area (Å²) in [6.07, 6.45) is 4.00. The molecule has 3 heteroatoms. The smallest absolute Gasteiger partial charge is 0.123 e. The fourth-order valence-corrected chi connectivity index (χ4v) is 3.03. The van der Waals surface area contributed by atoms with Crippen molar-refractivity contribution in [2.24, 2.45) is 5.92 Å². The zero-order valence-electron chi connectivity index (χ0n) is 10.0. The van der Waals surface area contributed by atoms with Gasteiger partial charge in [-0.05, 0) is 50.4 Å². The third kappa shape index (κ3) is 2.39. The van der Waals surface area contributed by atoms with Crippen LogP contribution in [0.15, 0.2) is 24.3 Å². The minimum atomic E-state index is 0.271. The van der Waals surface area contributed by atoms with E-state index >= 15 is 0 Å². The van der Waals surface area contributed by atoms with Gasteiger partial charge >= 0.3 is 0 Å². The number of piperidine rings is 3. The molecule has 0 amide bonds. The Balaban J connectivity index is 1.57. The van der Waals surface area contributed by atoms with E-state index in [1.165, 1.54) is 32.4 Å². The highest BCUT2D eigenvalue weighted by Crippen LogP contribution is 2.32. The minimum Gasteiger partial charge on any atom is -0.508 e. The van der Waals surface area contributed by atoms with E-state index in [-0.39, 0.29) is 5.75 Å². The first-order valence-corrected chi connectivity index (χ1v) is 6.47. The lowest BCUT2D eigenvalue weighted by Crippen LogP contribution is -2.51. The molecule has 1 aromatic carbocycles. The molecule has 1 N–H and O–H groups in total. The van der Waals surface area contributed by atoms with E-state index in [0.29, 0.717) is 6.04 Å². The Morgan fingerprint density at radius 3 is 2.76 bits per heavy atom. The van der Waals surface area contributed by atoms with E-state index in [9.17, 15) is 5.11 Å². The van der Waals surface area contributed by atoms with Crippen LogP contribution in [0.4, 0.5) is 0 Å². The molecule has 3 saturated heterocycles. The Labute approximate surface area is 102 Å². The molecule has 4 rings (SSSR count). The van der Waals surface area contributed by atoms with Crippen LogP contribution in [-0.2, 0) is 0 Å². The summed E-state index contributed by atoms with van der Waals surface area (Å²) in [5, 5.41) is 9.36. The van der Waals surface area contributed by atoms with Crippen molar-refractivity contribution >= 4 is 0 Å². The molecule has 1 aromatic rings. The Bertz CT molecular complexity index is 386. The predicted molar refractivity (Wildman–Crippen MR) is 66.3 cm³/mol. The normalized spacial score (nSPS) is 31.4. The van der Waals surface area contributed by atoms with Crippen molar-refractivity contribution in [2.75, 3.05) is 19.7 Å². The average Bonchev–Trinajstić information content (AvgIpc) is 2.38. The summed E-state index contributed by atoms with van der Waals surface area (Å²) in [4.78, 5) is 2.54. The van der Waals surface area contributed by atoms with Crippen LogP contribution in [0.1, 0.15) is 19.3 Å². The molecule has 3 heterocycles. The molecular formula is C14H19NO2. The van der Waals surface area contributed by atoms with Crippen molar-refractivity contribution in [3.05, 3.63) is 24.3 Å². The maximum absolute atomic E-state index is 9.36. The number of hydrogen-bond acceptors (Lipinski definition) is 3. The Morgan fingerprint density at radius 1 is 1.29 bits per heavy atom. The number of rotatable bonds is 3. The van der Waals surface area contributed by atoms with Gasteiger partial charge in [-0.25, -0.2) is 0 Å². The van der Waals surface area contributed by atoms with Gasteiger partial charge in [0.15, 0.2) is 0 Å². The quantitative estimate of drug-likeness (QED) is 0.869. The lowest BCUT2D eigenvalue weighted by molar-refractivity contribution is 0.0238. The molecule has 0 radical (unpaired) electrons. The summed E-state index contributed by atoms with van der Waals surface area (Å²) in [6, 6.07) is 7.63. The van der Waals surface area contributed by atoms with Crippen molar-refractivity contribution in [3.63, 3.8) is 0 Å². The SMILES string of the molecule is Oc1cccc(OC[C@@H]2CC3CCN2CC3)c1. The van der Waals surface area contributed by atoms with Crippen LogP contribution >= 0.6 is 0 Å². The Morgan fingerprint density at radius 2 is 2.12 bits per heavy atom. The van der Waals surface area contributed by atoms with Gasteiger partial charge < -0.3 is 9.84 Å². The number of nitrogens with zero attached hydrogens (tertiary/aromatic N) is 1. The van der Waals surface area contributed by atoms with E-state index in [1.54, 1.807) is 12.1 Å². The number of hydrogen-bond donors (Lipinski definition) is 1. The summed E-state index contributed by atoms with van der Waals surface area (Å²) >= 11 is 0. The molecule has 0 saturated carbocycles. The first-order valence-electron chi connectivity index (χ1n) is 6.47. The number of aromatic hydroxyl groups is 1. The highest BCUT2D eigenvalue weighted by atomic mass is 16.5. The first kappa shape index (κ1) is 10.9. The minimum absolute atomic E-state index is 0.271. The highest BCUT2D eigenvalue weighted by molar-refractivity contribution is 5.31. The van der Waals surface area contributed by atoms with Crippen LogP contribution in [0.2, 0.25) is 0 Å². The molecule has 3 aliphatic rings. The van der Waals surface area contributed by atoms with Gasteiger partial charge in [-0.15, -0.1) is 0 Å². The van der Waals surface area contributed by atoms with Gasteiger partial charge in [0.2, 0.25) is 0 Å². The van der Waals surface area contributed by atoms with E-state index < -0.39 is 0 Å². The monoisotopic (exact) mass is 233 g/mol. The zero-order valence-corrected chi connectivity index (χ0v) is 10.0. The van der Waals surface area contributed by atoms with E-state index in [1.807, 2.05) is 12.1 Å². The summed E-state index contributed by atoms with van der Waals surface area (Å²) in [5.74, 6) is 1.96. The molecule has 17 heavy (non-hydrogen) atoms. The van der Waals surface area contributed by atoms with Crippen molar-refractivity contribution < 1.29 is 9.84 Å². The van der Waals surface area contributed by atoms with Crippen LogP contribution in [-0.4, -0.2) is 35.7 Å². The molecule has 0 aromatic heterocycles. The molecule has 3 aliphatic heterocycles. The van der Waals surface area contributed by atoms with Crippen LogP contribution < -0.4 is 4.74 Å². The standard InChI is InChI=1S/C14H19NO2/c16-13-2-1-3-14(9-13)17-10-12-8-11-4-6-15(12)7-5-11/h1-3,9,11-12,16H,4-8,10H2/t12-/m0/s1. The van der Waals surface area contributed by atoms with E-state index in [2.05, 4.69) is 4.90 Å². The maximum Gasteiger partial charge on any atom is 0.123 e. The second kappa shape index (κ2) is 4.57. The number of phenols is 1. The topological polar surface area (TPSA) is 32.7 Å². The number of fused-ring (bicyclic) bond motifs is 3. The van der Waals surface area contributed by atoms with Gasteiger partial charge in [0.05, 0.1) is 0 Å². The summed E-state index contributed by atoms with van der Waals surface area (Å²) in [6.45, 7) is 3.22. The summed E-state index contributed by atoms with van der Waals surface area (Å²) in [5.41, 5.74) is 0. The van der Waals surface area contributed by atoms with Crippen LogP contribution in [0.25, 0.3) is 0 Å². The molecule has 0 unspecified atom stereocenters. The van der Waals surface area contributed by atoms with Gasteiger partial charge in [-0.2, -0.15) is 0 Å². The third-order valence-corrected chi connectivity index (χ3v) is 4.03. The van der Waals surface area contributed by atoms with Gasteiger partial charge in [0.25, 0.3) is 0 Å². The van der Waals surface area contributed by atoms with Crippen molar-refractivity contribution in [1.82, 2.24) is 4.90 Å².